The summed E-state index contributed by atoms with van der Waals surface area (Å²) in [6.07, 6.45) is 2.54. The van der Waals surface area contributed by atoms with Gasteiger partial charge in [-0.15, -0.1) is 0 Å². The van der Waals surface area contributed by atoms with Crippen LogP contribution in [-0.4, -0.2) is 30.6 Å². The van der Waals surface area contributed by atoms with Gasteiger partial charge in [0.15, 0.2) is 0 Å². The van der Waals surface area contributed by atoms with Crippen LogP contribution in [0.4, 0.5) is 0 Å². The molecular weight excluding hydrogens is 112 g/mol. The first-order chi connectivity index (χ1) is 4.21. The van der Waals surface area contributed by atoms with E-state index in [4.69, 9.17) is 5.73 Å². The lowest BCUT2D eigenvalue weighted by Crippen LogP contribution is -2.53. The van der Waals surface area contributed by atoms with Crippen LogP contribution in [0.1, 0.15) is 12.8 Å². The van der Waals surface area contributed by atoms with Crippen LogP contribution in [0, 0.1) is 5.92 Å². The summed E-state index contributed by atoms with van der Waals surface area (Å²) in [6, 6.07) is 0. The Labute approximate surface area is 56.0 Å². The Morgan fingerprint density at radius 3 is 2.33 bits per heavy atom. The number of nitrogens with zero attached hydrogens (tertiary/aromatic N) is 1. The summed E-state index contributed by atoms with van der Waals surface area (Å²) in [6.45, 7) is 2.47. The van der Waals surface area contributed by atoms with E-state index in [1.54, 1.807) is 0 Å². The van der Waals surface area contributed by atoms with Crippen molar-refractivity contribution < 1.29 is 0 Å². The van der Waals surface area contributed by atoms with Crippen LogP contribution >= 0.6 is 0 Å². The molecule has 0 aromatic rings. The molecule has 0 aromatic heterocycles. The second-order valence-corrected chi connectivity index (χ2v) is 3.65. The first-order valence-electron chi connectivity index (χ1n) is 3.68. The molecule has 1 saturated carbocycles. The SMILES string of the molecule is CN1CC(C2(N)CC2)C1. The molecular formula is C7H14N2. The van der Waals surface area contributed by atoms with Gasteiger partial charge in [-0.3, -0.25) is 0 Å². The number of nitrogens with two attached hydrogens (primary N) is 1. The molecule has 1 saturated heterocycles. The quantitative estimate of drug-likeness (QED) is 0.537. The van der Waals surface area contributed by atoms with Gasteiger partial charge in [-0.2, -0.15) is 0 Å². The molecule has 0 radical (unpaired) electrons. The van der Waals surface area contributed by atoms with Crippen LogP contribution < -0.4 is 5.73 Å². The number of hydrogen-bond donors (Lipinski definition) is 1. The smallest absolute Gasteiger partial charge is 0.0208 e. The van der Waals surface area contributed by atoms with Gasteiger partial charge >= 0.3 is 0 Å². The summed E-state index contributed by atoms with van der Waals surface area (Å²) >= 11 is 0. The molecule has 2 nitrogen and oxygen atoms in total. The molecule has 0 bridgehead atoms. The average molecular weight is 126 g/mol. The van der Waals surface area contributed by atoms with Gasteiger partial charge in [0.25, 0.3) is 0 Å². The van der Waals surface area contributed by atoms with Gasteiger partial charge in [0.1, 0.15) is 0 Å². The average Bonchev–Trinajstić information content (AvgIpc) is 2.41. The van der Waals surface area contributed by atoms with Crippen molar-refractivity contribution in [3.8, 4) is 0 Å². The lowest BCUT2D eigenvalue weighted by molar-refractivity contribution is 0.104. The van der Waals surface area contributed by atoms with Crippen LogP contribution in [0.5, 0.6) is 0 Å². The Morgan fingerprint density at radius 1 is 1.44 bits per heavy atom. The highest BCUT2D eigenvalue weighted by atomic mass is 15.2. The highest BCUT2D eigenvalue weighted by Crippen LogP contribution is 2.43. The highest BCUT2D eigenvalue weighted by Gasteiger charge is 2.49. The predicted molar refractivity (Wildman–Crippen MR) is 37.1 cm³/mol. The zero-order valence-corrected chi connectivity index (χ0v) is 5.93. The maximum Gasteiger partial charge on any atom is 0.0208 e. The molecule has 2 fully saturated rings. The molecule has 2 rings (SSSR count). The molecule has 2 aliphatic rings. The topological polar surface area (TPSA) is 29.3 Å². The lowest BCUT2D eigenvalue weighted by atomic mass is 9.91. The summed E-state index contributed by atoms with van der Waals surface area (Å²) < 4.78 is 0. The molecule has 0 aromatic carbocycles. The summed E-state index contributed by atoms with van der Waals surface area (Å²) in [4.78, 5) is 2.33. The number of rotatable bonds is 1. The third kappa shape index (κ3) is 0.775. The van der Waals surface area contributed by atoms with Crippen LogP contribution in [0.2, 0.25) is 0 Å². The summed E-state index contributed by atoms with van der Waals surface area (Å²) in [7, 11) is 2.16. The molecule has 52 valence electrons. The van der Waals surface area contributed by atoms with E-state index in [9.17, 15) is 0 Å². The van der Waals surface area contributed by atoms with Crippen LogP contribution in [0.25, 0.3) is 0 Å². The van der Waals surface area contributed by atoms with Crippen molar-refractivity contribution >= 4 is 0 Å². The normalized spacial score (nSPS) is 34.0. The van der Waals surface area contributed by atoms with E-state index in [0.717, 1.165) is 5.92 Å². The van der Waals surface area contributed by atoms with Crippen molar-refractivity contribution in [1.82, 2.24) is 4.90 Å². The molecule has 2 heteroatoms. The third-order valence-corrected chi connectivity index (χ3v) is 2.70. The first kappa shape index (κ1) is 5.69. The zero-order valence-electron chi connectivity index (χ0n) is 5.93. The zero-order chi connectivity index (χ0) is 6.48. The highest BCUT2D eigenvalue weighted by molar-refractivity contribution is 5.08. The van der Waals surface area contributed by atoms with E-state index >= 15 is 0 Å². The van der Waals surface area contributed by atoms with E-state index in [0.29, 0.717) is 0 Å². The minimum absolute atomic E-state index is 0.284. The Bertz CT molecular complexity index is 123. The lowest BCUT2D eigenvalue weighted by Gasteiger charge is -2.40. The minimum Gasteiger partial charge on any atom is -0.325 e. The minimum atomic E-state index is 0.284. The first-order valence-corrected chi connectivity index (χ1v) is 3.68. The van der Waals surface area contributed by atoms with Crippen molar-refractivity contribution in [3.63, 3.8) is 0 Å². The second-order valence-electron chi connectivity index (χ2n) is 3.65. The molecule has 1 heterocycles. The van der Waals surface area contributed by atoms with Gasteiger partial charge in [0.05, 0.1) is 0 Å². The van der Waals surface area contributed by atoms with Gasteiger partial charge in [-0.25, -0.2) is 0 Å². The monoisotopic (exact) mass is 126 g/mol. The molecule has 1 aliphatic carbocycles. The van der Waals surface area contributed by atoms with E-state index in [2.05, 4.69) is 11.9 Å². The molecule has 0 spiro atoms. The summed E-state index contributed by atoms with van der Waals surface area (Å²) in [5.41, 5.74) is 6.27. The van der Waals surface area contributed by atoms with Gasteiger partial charge in [-0.05, 0) is 19.9 Å². The van der Waals surface area contributed by atoms with Crippen molar-refractivity contribution in [1.29, 1.82) is 0 Å². The summed E-state index contributed by atoms with van der Waals surface area (Å²) in [5, 5.41) is 0. The predicted octanol–water partition coefficient (Wildman–Crippen LogP) is 0.0393. The van der Waals surface area contributed by atoms with Crippen LogP contribution in [-0.2, 0) is 0 Å². The standard InChI is InChI=1S/C7H14N2/c1-9-4-6(5-9)7(8)2-3-7/h6H,2-5,8H2,1H3. The number of hydrogen-bond acceptors (Lipinski definition) is 2. The Morgan fingerprint density at radius 2 is 2.00 bits per heavy atom. The van der Waals surface area contributed by atoms with Crippen LogP contribution in [0.15, 0.2) is 0 Å². The molecule has 0 atom stereocenters. The third-order valence-electron chi connectivity index (χ3n) is 2.70. The largest absolute Gasteiger partial charge is 0.325 e. The van der Waals surface area contributed by atoms with E-state index in [1.165, 1.54) is 25.9 Å². The molecule has 0 unspecified atom stereocenters. The Kier molecular flexibility index (Phi) is 0.945. The van der Waals surface area contributed by atoms with Crippen molar-refractivity contribution in [2.75, 3.05) is 20.1 Å². The Hall–Kier alpha value is -0.0800. The van der Waals surface area contributed by atoms with Crippen LogP contribution in [0.3, 0.4) is 0 Å². The molecule has 9 heavy (non-hydrogen) atoms. The van der Waals surface area contributed by atoms with Crippen molar-refractivity contribution in [3.05, 3.63) is 0 Å². The fraction of sp³-hybridized carbons (Fsp3) is 1.00. The molecule has 0 amide bonds. The molecule has 2 N–H and O–H groups in total. The number of likely N-dealkylation sites (tertiary alicyclic amines) is 1. The van der Waals surface area contributed by atoms with Crippen molar-refractivity contribution in [2.24, 2.45) is 11.7 Å². The van der Waals surface area contributed by atoms with Gasteiger partial charge in [0.2, 0.25) is 0 Å². The van der Waals surface area contributed by atoms with E-state index in [-0.39, 0.29) is 5.54 Å². The van der Waals surface area contributed by atoms with E-state index < -0.39 is 0 Å². The summed E-state index contributed by atoms with van der Waals surface area (Å²) in [5.74, 6) is 0.822. The van der Waals surface area contributed by atoms with E-state index in [1.807, 2.05) is 0 Å². The van der Waals surface area contributed by atoms with Crippen molar-refractivity contribution in [2.45, 2.75) is 18.4 Å². The molecule has 1 aliphatic heterocycles. The second kappa shape index (κ2) is 1.50. The maximum atomic E-state index is 5.99. The fourth-order valence-corrected chi connectivity index (χ4v) is 1.62. The Balaban J connectivity index is 1.89. The fourth-order valence-electron chi connectivity index (χ4n) is 1.62. The maximum absolute atomic E-state index is 5.99. The van der Waals surface area contributed by atoms with Gasteiger partial charge in [0, 0.05) is 24.5 Å². The van der Waals surface area contributed by atoms with Gasteiger partial charge in [-0.1, -0.05) is 0 Å². The van der Waals surface area contributed by atoms with Gasteiger partial charge < -0.3 is 10.6 Å².